The molecule has 0 saturated carbocycles. The SMILES string of the molecule is Nc1cncc(C(=O)N2CCN(c3nccs3)CC2)n1. The summed E-state index contributed by atoms with van der Waals surface area (Å²) in [5.41, 5.74) is 5.85. The molecular formula is C12H14N6OS. The molecule has 2 N–H and O–H groups in total. The van der Waals surface area contributed by atoms with Gasteiger partial charge >= 0.3 is 0 Å². The molecule has 1 fully saturated rings. The number of nitrogens with zero attached hydrogens (tertiary/aromatic N) is 5. The molecule has 0 unspecified atom stereocenters. The maximum absolute atomic E-state index is 12.3. The average molecular weight is 290 g/mol. The number of rotatable bonds is 2. The number of anilines is 2. The lowest BCUT2D eigenvalue weighted by molar-refractivity contribution is 0.0740. The van der Waals surface area contributed by atoms with Crippen LogP contribution in [0.3, 0.4) is 0 Å². The molecule has 1 saturated heterocycles. The van der Waals surface area contributed by atoms with E-state index in [0.29, 0.717) is 18.8 Å². The van der Waals surface area contributed by atoms with E-state index in [1.54, 1.807) is 22.4 Å². The zero-order chi connectivity index (χ0) is 13.9. The highest BCUT2D eigenvalue weighted by Gasteiger charge is 2.24. The molecule has 2 aromatic rings. The van der Waals surface area contributed by atoms with E-state index in [9.17, 15) is 4.79 Å². The number of carbonyl (C=O) groups is 1. The molecule has 0 radical (unpaired) electrons. The van der Waals surface area contributed by atoms with Crippen LogP contribution in [0, 0.1) is 0 Å². The van der Waals surface area contributed by atoms with Gasteiger partial charge in [0.25, 0.3) is 5.91 Å². The van der Waals surface area contributed by atoms with Crippen LogP contribution < -0.4 is 10.6 Å². The normalized spacial score (nSPS) is 15.4. The minimum atomic E-state index is -0.122. The van der Waals surface area contributed by atoms with Crippen LogP contribution in [0.2, 0.25) is 0 Å². The molecule has 7 nitrogen and oxygen atoms in total. The third kappa shape index (κ3) is 2.55. The standard InChI is InChI=1S/C12H14N6OS/c13-10-8-14-7-9(16-10)11(19)17-2-4-18(5-3-17)12-15-1-6-20-12/h1,6-8H,2-5H2,(H2,13,16). The summed E-state index contributed by atoms with van der Waals surface area (Å²) < 4.78 is 0. The highest BCUT2D eigenvalue weighted by atomic mass is 32.1. The number of piperazine rings is 1. The second-order valence-corrected chi connectivity index (χ2v) is 5.30. The maximum Gasteiger partial charge on any atom is 0.274 e. The summed E-state index contributed by atoms with van der Waals surface area (Å²) in [6.45, 7) is 2.84. The van der Waals surface area contributed by atoms with Crippen molar-refractivity contribution < 1.29 is 4.79 Å². The van der Waals surface area contributed by atoms with E-state index >= 15 is 0 Å². The first-order valence-electron chi connectivity index (χ1n) is 6.25. The average Bonchev–Trinajstić information content (AvgIpc) is 3.01. The molecule has 1 aliphatic rings. The molecular weight excluding hydrogens is 276 g/mol. The highest BCUT2D eigenvalue weighted by molar-refractivity contribution is 7.13. The van der Waals surface area contributed by atoms with E-state index in [2.05, 4.69) is 19.9 Å². The largest absolute Gasteiger partial charge is 0.382 e. The molecule has 0 atom stereocenters. The first kappa shape index (κ1) is 12.8. The Morgan fingerprint density at radius 3 is 2.70 bits per heavy atom. The summed E-state index contributed by atoms with van der Waals surface area (Å²) in [5, 5.41) is 2.95. The van der Waals surface area contributed by atoms with Gasteiger partial charge in [-0.3, -0.25) is 9.78 Å². The van der Waals surface area contributed by atoms with Gasteiger partial charge in [-0.05, 0) is 0 Å². The number of carbonyl (C=O) groups excluding carboxylic acids is 1. The van der Waals surface area contributed by atoms with E-state index < -0.39 is 0 Å². The minimum Gasteiger partial charge on any atom is -0.382 e. The number of amides is 1. The molecule has 0 spiro atoms. The van der Waals surface area contributed by atoms with E-state index in [1.165, 1.54) is 12.4 Å². The molecule has 1 aliphatic heterocycles. The number of hydrogen-bond donors (Lipinski definition) is 1. The summed E-state index contributed by atoms with van der Waals surface area (Å²) >= 11 is 1.61. The quantitative estimate of drug-likeness (QED) is 0.865. The minimum absolute atomic E-state index is 0.122. The molecule has 104 valence electrons. The zero-order valence-electron chi connectivity index (χ0n) is 10.8. The van der Waals surface area contributed by atoms with Crippen molar-refractivity contribution in [2.75, 3.05) is 36.8 Å². The van der Waals surface area contributed by atoms with Crippen molar-refractivity contribution in [3.8, 4) is 0 Å². The predicted molar refractivity (Wildman–Crippen MR) is 76.7 cm³/mol. The summed E-state index contributed by atoms with van der Waals surface area (Å²) in [6.07, 6.45) is 4.67. The second-order valence-electron chi connectivity index (χ2n) is 4.42. The van der Waals surface area contributed by atoms with Gasteiger partial charge < -0.3 is 15.5 Å². The third-order valence-corrected chi connectivity index (χ3v) is 3.96. The molecule has 8 heteroatoms. The van der Waals surface area contributed by atoms with E-state index in [1.807, 2.05) is 5.38 Å². The Labute approximate surface area is 120 Å². The van der Waals surface area contributed by atoms with Crippen LogP contribution in [-0.4, -0.2) is 51.9 Å². The Morgan fingerprint density at radius 1 is 1.25 bits per heavy atom. The molecule has 3 rings (SSSR count). The fourth-order valence-corrected chi connectivity index (χ4v) is 2.82. The molecule has 2 aromatic heterocycles. The van der Waals surface area contributed by atoms with Crippen molar-refractivity contribution in [2.45, 2.75) is 0 Å². The van der Waals surface area contributed by atoms with Crippen LogP contribution in [0.5, 0.6) is 0 Å². The number of nitrogen functional groups attached to an aromatic ring is 1. The first-order valence-corrected chi connectivity index (χ1v) is 7.13. The van der Waals surface area contributed by atoms with Crippen molar-refractivity contribution >= 4 is 28.2 Å². The maximum atomic E-state index is 12.3. The second kappa shape index (κ2) is 5.41. The Hall–Kier alpha value is -2.22. The van der Waals surface area contributed by atoms with Crippen LogP contribution in [0.1, 0.15) is 10.5 Å². The monoisotopic (exact) mass is 290 g/mol. The lowest BCUT2D eigenvalue weighted by Crippen LogP contribution is -2.49. The lowest BCUT2D eigenvalue weighted by Gasteiger charge is -2.34. The van der Waals surface area contributed by atoms with Crippen molar-refractivity contribution in [2.24, 2.45) is 0 Å². The fraction of sp³-hybridized carbons (Fsp3) is 0.333. The Morgan fingerprint density at radius 2 is 2.05 bits per heavy atom. The van der Waals surface area contributed by atoms with Crippen LogP contribution in [-0.2, 0) is 0 Å². The van der Waals surface area contributed by atoms with E-state index in [0.717, 1.165) is 18.2 Å². The number of thiazole rings is 1. The Kier molecular flexibility index (Phi) is 3.46. The zero-order valence-corrected chi connectivity index (χ0v) is 11.6. The van der Waals surface area contributed by atoms with Crippen molar-refractivity contribution in [1.82, 2.24) is 19.9 Å². The van der Waals surface area contributed by atoms with Crippen LogP contribution in [0.15, 0.2) is 24.0 Å². The fourth-order valence-electron chi connectivity index (χ4n) is 2.12. The first-order chi connectivity index (χ1) is 9.74. The van der Waals surface area contributed by atoms with Gasteiger partial charge in [-0.15, -0.1) is 11.3 Å². The number of nitrogens with two attached hydrogens (primary N) is 1. The van der Waals surface area contributed by atoms with Crippen LogP contribution >= 0.6 is 11.3 Å². The molecule has 0 aromatic carbocycles. The molecule has 20 heavy (non-hydrogen) atoms. The summed E-state index contributed by atoms with van der Waals surface area (Å²) in [7, 11) is 0. The van der Waals surface area contributed by atoms with Gasteiger partial charge in [0, 0.05) is 37.8 Å². The van der Waals surface area contributed by atoms with Crippen LogP contribution in [0.25, 0.3) is 0 Å². The van der Waals surface area contributed by atoms with Crippen molar-refractivity contribution in [3.05, 3.63) is 29.7 Å². The van der Waals surface area contributed by atoms with Gasteiger partial charge in [-0.25, -0.2) is 9.97 Å². The van der Waals surface area contributed by atoms with E-state index in [4.69, 9.17) is 5.73 Å². The topological polar surface area (TPSA) is 88.2 Å². The smallest absolute Gasteiger partial charge is 0.274 e. The Bertz CT molecular complexity index is 594. The van der Waals surface area contributed by atoms with Crippen molar-refractivity contribution in [1.29, 1.82) is 0 Å². The molecule has 0 bridgehead atoms. The highest BCUT2D eigenvalue weighted by Crippen LogP contribution is 2.19. The predicted octanol–water partition coefficient (Wildman–Crippen LogP) is 0.478. The Balaban J connectivity index is 1.65. The van der Waals surface area contributed by atoms with Gasteiger partial charge in [0.15, 0.2) is 5.13 Å². The summed E-state index contributed by atoms with van der Waals surface area (Å²) in [5.74, 6) is 0.140. The van der Waals surface area contributed by atoms with Gasteiger partial charge in [0.1, 0.15) is 11.5 Å². The molecule has 3 heterocycles. The van der Waals surface area contributed by atoms with Gasteiger partial charge in [0.2, 0.25) is 0 Å². The van der Waals surface area contributed by atoms with Crippen LogP contribution in [0.4, 0.5) is 10.9 Å². The molecule has 1 amide bonds. The number of aromatic nitrogens is 3. The third-order valence-electron chi connectivity index (χ3n) is 3.13. The van der Waals surface area contributed by atoms with E-state index in [-0.39, 0.29) is 11.7 Å². The van der Waals surface area contributed by atoms with Gasteiger partial charge in [0.05, 0.1) is 12.4 Å². The van der Waals surface area contributed by atoms with Gasteiger partial charge in [-0.2, -0.15) is 0 Å². The summed E-state index contributed by atoms with van der Waals surface area (Å²) in [6, 6.07) is 0. The molecule has 0 aliphatic carbocycles. The van der Waals surface area contributed by atoms with Crippen molar-refractivity contribution in [3.63, 3.8) is 0 Å². The number of hydrogen-bond acceptors (Lipinski definition) is 7. The van der Waals surface area contributed by atoms with Gasteiger partial charge in [-0.1, -0.05) is 0 Å². The lowest BCUT2D eigenvalue weighted by atomic mass is 10.3. The summed E-state index contributed by atoms with van der Waals surface area (Å²) in [4.78, 5) is 28.4.